The summed E-state index contributed by atoms with van der Waals surface area (Å²) < 4.78 is 18.4. The number of aliphatic imine (C=N–C) groups is 1. The van der Waals surface area contributed by atoms with Crippen LogP contribution in [0.4, 0.5) is 15.8 Å². The Morgan fingerprint density at radius 2 is 1.77 bits per heavy atom. The average Bonchev–Trinajstić information content (AvgIpc) is 3.14. The molecule has 180 valence electrons. The lowest BCUT2D eigenvalue weighted by molar-refractivity contribution is -0.128. The zero-order valence-electron chi connectivity index (χ0n) is 18.9. The standard InChI is InChI=1S/C26H23ClFN3O3S/c1-34-22-12-10-20(11-13-22)29-24(32)16-23-25(33)31(15-14-17-2-6-19(28)7-3-17)26(35-23)30-21-8-4-18(27)5-9-21/h2-13,23H,14-16H2,1H3,(H,29,32). The summed E-state index contributed by atoms with van der Waals surface area (Å²) >= 11 is 7.24. The fourth-order valence-corrected chi connectivity index (χ4v) is 4.81. The number of benzene rings is 3. The molecule has 1 aliphatic rings. The van der Waals surface area contributed by atoms with Crippen LogP contribution in [0.5, 0.6) is 5.75 Å². The van der Waals surface area contributed by atoms with Crippen LogP contribution < -0.4 is 10.1 Å². The fourth-order valence-electron chi connectivity index (χ4n) is 3.50. The lowest BCUT2D eigenvalue weighted by Crippen LogP contribution is -2.35. The Labute approximate surface area is 212 Å². The van der Waals surface area contributed by atoms with Gasteiger partial charge in [0.2, 0.25) is 11.8 Å². The third-order valence-electron chi connectivity index (χ3n) is 5.35. The van der Waals surface area contributed by atoms with Crippen molar-refractivity contribution in [2.45, 2.75) is 18.1 Å². The molecule has 0 radical (unpaired) electrons. The molecule has 1 fully saturated rings. The molecule has 1 unspecified atom stereocenters. The number of hydrogen-bond donors (Lipinski definition) is 1. The van der Waals surface area contributed by atoms with E-state index in [9.17, 15) is 14.0 Å². The van der Waals surface area contributed by atoms with Crippen molar-refractivity contribution in [1.82, 2.24) is 4.90 Å². The molecule has 1 N–H and O–H groups in total. The Morgan fingerprint density at radius 1 is 1.09 bits per heavy atom. The Balaban J connectivity index is 1.48. The van der Waals surface area contributed by atoms with Gasteiger partial charge in [-0.15, -0.1) is 0 Å². The van der Waals surface area contributed by atoms with E-state index in [1.165, 1.54) is 23.9 Å². The van der Waals surface area contributed by atoms with Gasteiger partial charge in [-0.25, -0.2) is 9.38 Å². The van der Waals surface area contributed by atoms with Gasteiger partial charge in [-0.2, -0.15) is 0 Å². The highest BCUT2D eigenvalue weighted by molar-refractivity contribution is 8.15. The normalized spacial score (nSPS) is 16.5. The third-order valence-corrected chi connectivity index (χ3v) is 6.78. The summed E-state index contributed by atoms with van der Waals surface area (Å²) in [6.45, 7) is 0.362. The van der Waals surface area contributed by atoms with Gasteiger partial charge in [-0.05, 0) is 72.6 Å². The highest BCUT2D eigenvalue weighted by Gasteiger charge is 2.39. The van der Waals surface area contributed by atoms with E-state index in [2.05, 4.69) is 10.3 Å². The van der Waals surface area contributed by atoms with E-state index in [0.717, 1.165) is 5.56 Å². The molecule has 1 saturated heterocycles. The summed E-state index contributed by atoms with van der Waals surface area (Å²) in [6.07, 6.45) is 0.527. The summed E-state index contributed by atoms with van der Waals surface area (Å²) in [5, 5.41) is 3.32. The number of anilines is 1. The maximum absolute atomic E-state index is 13.3. The number of nitrogens with zero attached hydrogens (tertiary/aromatic N) is 2. The molecule has 0 aromatic heterocycles. The van der Waals surface area contributed by atoms with Crippen LogP contribution in [0, 0.1) is 5.82 Å². The van der Waals surface area contributed by atoms with Gasteiger partial charge in [0.25, 0.3) is 0 Å². The van der Waals surface area contributed by atoms with E-state index < -0.39 is 5.25 Å². The number of amidine groups is 1. The Kier molecular flexibility index (Phi) is 8.05. The van der Waals surface area contributed by atoms with Gasteiger partial charge in [-0.1, -0.05) is 35.5 Å². The molecule has 0 aliphatic carbocycles. The first kappa shape index (κ1) is 24.8. The Hall–Kier alpha value is -3.36. The lowest BCUT2D eigenvalue weighted by atomic mass is 10.1. The third kappa shape index (κ3) is 6.61. The second-order valence-electron chi connectivity index (χ2n) is 7.82. The minimum absolute atomic E-state index is 0.00220. The number of ether oxygens (including phenoxy) is 1. The van der Waals surface area contributed by atoms with Gasteiger partial charge in [0, 0.05) is 23.7 Å². The minimum atomic E-state index is -0.604. The zero-order valence-corrected chi connectivity index (χ0v) is 20.5. The molecule has 1 heterocycles. The van der Waals surface area contributed by atoms with Crippen molar-refractivity contribution < 1.29 is 18.7 Å². The number of amides is 2. The van der Waals surface area contributed by atoms with Crippen LogP contribution in [0.15, 0.2) is 77.8 Å². The second kappa shape index (κ2) is 11.4. The molecule has 9 heteroatoms. The molecule has 6 nitrogen and oxygen atoms in total. The van der Waals surface area contributed by atoms with Crippen LogP contribution in [0.2, 0.25) is 5.02 Å². The maximum atomic E-state index is 13.3. The van der Waals surface area contributed by atoms with E-state index >= 15 is 0 Å². The van der Waals surface area contributed by atoms with Crippen LogP contribution in [-0.2, 0) is 16.0 Å². The molecule has 3 aromatic rings. The van der Waals surface area contributed by atoms with Crippen molar-refractivity contribution in [3.8, 4) is 5.75 Å². The van der Waals surface area contributed by atoms with Gasteiger partial charge in [-0.3, -0.25) is 14.5 Å². The topological polar surface area (TPSA) is 71.0 Å². The molecule has 1 aliphatic heterocycles. The van der Waals surface area contributed by atoms with Crippen molar-refractivity contribution in [3.05, 3.63) is 89.2 Å². The first-order valence-electron chi connectivity index (χ1n) is 10.9. The fraction of sp³-hybridized carbons (Fsp3) is 0.192. The molecule has 2 amide bonds. The first-order valence-corrected chi connectivity index (χ1v) is 12.2. The Bertz CT molecular complexity index is 1220. The summed E-state index contributed by atoms with van der Waals surface area (Å²) in [5.74, 6) is -0.0826. The first-order chi connectivity index (χ1) is 16.9. The van der Waals surface area contributed by atoms with Crippen molar-refractivity contribution in [2.75, 3.05) is 19.0 Å². The van der Waals surface area contributed by atoms with Gasteiger partial charge in [0.15, 0.2) is 5.17 Å². The molecular weight excluding hydrogens is 489 g/mol. The van der Waals surface area contributed by atoms with Crippen LogP contribution in [0.1, 0.15) is 12.0 Å². The van der Waals surface area contributed by atoms with E-state index in [-0.39, 0.29) is 24.1 Å². The van der Waals surface area contributed by atoms with Gasteiger partial charge >= 0.3 is 0 Å². The molecule has 4 rings (SSSR count). The van der Waals surface area contributed by atoms with Gasteiger partial charge < -0.3 is 10.1 Å². The number of nitrogens with one attached hydrogen (secondary N) is 1. The zero-order chi connectivity index (χ0) is 24.8. The van der Waals surface area contributed by atoms with Gasteiger partial charge in [0.05, 0.1) is 12.8 Å². The molecule has 0 saturated carbocycles. The summed E-state index contributed by atoms with van der Waals surface area (Å²) in [5.41, 5.74) is 2.17. The number of hydrogen-bond acceptors (Lipinski definition) is 5. The number of thioether (sulfide) groups is 1. The molecule has 3 aromatic carbocycles. The molecule has 0 spiro atoms. The smallest absolute Gasteiger partial charge is 0.242 e. The highest BCUT2D eigenvalue weighted by Crippen LogP contribution is 2.32. The average molecular weight is 512 g/mol. The number of halogens is 2. The number of carbonyl (C=O) groups excluding carboxylic acids is 2. The summed E-state index contributed by atoms with van der Waals surface area (Å²) in [6, 6.07) is 20.1. The quantitative estimate of drug-likeness (QED) is 0.421. The molecule has 0 bridgehead atoms. The largest absolute Gasteiger partial charge is 0.497 e. The number of carbonyl (C=O) groups is 2. The van der Waals surface area contributed by atoms with Crippen molar-refractivity contribution in [2.24, 2.45) is 4.99 Å². The predicted octanol–water partition coefficient (Wildman–Crippen LogP) is 5.69. The Morgan fingerprint density at radius 3 is 2.43 bits per heavy atom. The molecular formula is C26H23ClFN3O3S. The van der Waals surface area contributed by atoms with Crippen LogP contribution >= 0.6 is 23.4 Å². The predicted molar refractivity (Wildman–Crippen MR) is 138 cm³/mol. The lowest BCUT2D eigenvalue weighted by Gasteiger charge is -2.16. The van der Waals surface area contributed by atoms with Crippen molar-refractivity contribution >= 4 is 51.7 Å². The summed E-state index contributed by atoms with van der Waals surface area (Å²) in [4.78, 5) is 32.2. The van der Waals surface area contributed by atoms with E-state index in [1.807, 2.05) is 0 Å². The van der Waals surface area contributed by atoms with Gasteiger partial charge in [0.1, 0.15) is 16.8 Å². The van der Waals surface area contributed by atoms with Crippen LogP contribution in [0.25, 0.3) is 0 Å². The molecule has 1 atom stereocenters. The highest BCUT2D eigenvalue weighted by atomic mass is 35.5. The van der Waals surface area contributed by atoms with E-state index in [1.54, 1.807) is 72.7 Å². The van der Waals surface area contributed by atoms with E-state index in [4.69, 9.17) is 16.3 Å². The number of rotatable bonds is 8. The monoisotopic (exact) mass is 511 g/mol. The summed E-state index contributed by atoms with van der Waals surface area (Å²) in [7, 11) is 1.57. The number of methoxy groups -OCH3 is 1. The van der Waals surface area contributed by atoms with Crippen LogP contribution in [-0.4, -0.2) is 40.8 Å². The van der Waals surface area contributed by atoms with Crippen molar-refractivity contribution in [1.29, 1.82) is 0 Å². The molecule has 35 heavy (non-hydrogen) atoms. The maximum Gasteiger partial charge on any atom is 0.242 e. The van der Waals surface area contributed by atoms with Crippen LogP contribution in [0.3, 0.4) is 0 Å². The van der Waals surface area contributed by atoms with Crippen molar-refractivity contribution in [3.63, 3.8) is 0 Å². The minimum Gasteiger partial charge on any atom is -0.497 e. The van der Waals surface area contributed by atoms with E-state index in [0.29, 0.717) is 40.3 Å². The SMILES string of the molecule is COc1ccc(NC(=O)CC2SC(=Nc3ccc(Cl)cc3)N(CCc3ccc(F)cc3)C2=O)cc1. The second-order valence-corrected chi connectivity index (χ2v) is 9.43.